The number of furan rings is 1. The van der Waals surface area contributed by atoms with Crippen LogP contribution in [0.4, 0.5) is 4.39 Å². The highest BCUT2D eigenvalue weighted by Gasteiger charge is 2.22. The molecule has 1 aliphatic rings. The number of hydrogen-bond donors (Lipinski definition) is 1. The molecule has 3 rings (SSSR count). The van der Waals surface area contributed by atoms with Crippen LogP contribution >= 0.6 is 0 Å². The SMILES string of the molecule is Fc1ccc(C(CNCc2ccco2)N2CCOCC2)cc1. The van der Waals surface area contributed by atoms with Crippen molar-refractivity contribution < 1.29 is 13.5 Å². The summed E-state index contributed by atoms with van der Waals surface area (Å²) in [6.07, 6.45) is 1.68. The van der Waals surface area contributed by atoms with Crippen molar-refractivity contribution in [3.05, 3.63) is 59.8 Å². The monoisotopic (exact) mass is 304 g/mol. The van der Waals surface area contributed by atoms with Gasteiger partial charge in [-0.05, 0) is 29.8 Å². The lowest BCUT2D eigenvalue weighted by Crippen LogP contribution is -2.42. The summed E-state index contributed by atoms with van der Waals surface area (Å²) in [6.45, 7) is 4.75. The van der Waals surface area contributed by atoms with E-state index in [1.54, 1.807) is 6.26 Å². The van der Waals surface area contributed by atoms with Crippen molar-refractivity contribution in [2.24, 2.45) is 0 Å². The topological polar surface area (TPSA) is 37.6 Å². The van der Waals surface area contributed by atoms with Crippen molar-refractivity contribution in [1.82, 2.24) is 10.2 Å². The maximum Gasteiger partial charge on any atom is 0.123 e. The van der Waals surface area contributed by atoms with E-state index in [-0.39, 0.29) is 11.9 Å². The Bertz CT molecular complexity index is 551. The lowest BCUT2D eigenvalue weighted by Gasteiger charge is -2.35. The second kappa shape index (κ2) is 7.54. The smallest absolute Gasteiger partial charge is 0.123 e. The average Bonchev–Trinajstić information content (AvgIpc) is 3.07. The number of ether oxygens (including phenoxy) is 1. The molecule has 1 aromatic heterocycles. The minimum Gasteiger partial charge on any atom is -0.468 e. The molecule has 5 heteroatoms. The highest BCUT2D eigenvalue weighted by molar-refractivity contribution is 5.20. The van der Waals surface area contributed by atoms with E-state index in [4.69, 9.17) is 9.15 Å². The lowest BCUT2D eigenvalue weighted by molar-refractivity contribution is 0.0160. The fourth-order valence-corrected chi connectivity index (χ4v) is 2.78. The summed E-state index contributed by atoms with van der Waals surface area (Å²) < 4.78 is 23.9. The predicted molar refractivity (Wildman–Crippen MR) is 81.9 cm³/mol. The molecule has 1 fully saturated rings. The van der Waals surface area contributed by atoms with Crippen LogP contribution in [-0.4, -0.2) is 37.7 Å². The van der Waals surface area contributed by atoms with Crippen molar-refractivity contribution in [1.29, 1.82) is 0 Å². The third kappa shape index (κ3) is 3.94. The molecule has 1 atom stereocenters. The number of hydrogen-bond acceptors (Lipinski definition) is 4. The summed E-state index contributed by atoms with van der Waals surface area (Å²) in [5.74, 6) is 0.716. The summed E-state index contributed by atoms with van der Waals surface area (Å²) in [4.78, 5) is 2.38. The second-order valence-corrected chi connectivity index (χ2v) is 5.43. The quantitative estimate of drug-likeness (QED) is 0.890. The third-order valence-corrected chi connectivity index (χ3v) is 3.96. The number of nitrogens with zero attached hydrogens (tertiary/aromatic N) is 1. The van der Waals surface area contributed by atoms with Gasteiger partial charge >= 0.3 is 0 Å². The Hall–Kier alpha value is -1.69. The van der Waals surface area contributed by atoms with Crippen molar-refractivity contribution >= 4 is 0 Å². The van der Waals surface area contributed by atoms with Crippen molar-refractivity contribution in [3.63, 3.8) is 0 Å². The molecule has 0 amide bonds. The van der Waals surface area contributed by atoms with Gasteiger partial charge in [-0.2, -0.15) is 0 Å². The number of rotatable bonds is 6. The molecule has 1 N–H and O–H groups in total. The first kappa shape index (κ1) is 15.2. The fraction of sp³-hybridized carbons (Fsp3) is 0.412. The van der Waals surface area contributed by atoms with E-state index >= 15 is 0 Å². The molecule has 118 valence electrons. The molecule has 22 heavy (non-hydrogen) atoms. The Kier molecular flexibility index (Phi) is 5.21. The van der Waals surface area contributed by atoms with Crippen LogP contribution < -0.4 is 5.32 Å². The van der Waals surface area contributed by atoms with E-state index in [0.717, 1.165) is 44.2 Å². The van der Waals surface area contributed by atoms with Crippen LogP contribution in [0, 0.1) is 5.82 Å². The number of benzene rings is 1. The molecule has 0 aliphatic carbocycles. The van der Waals surface area contributed by atoms with Crippen LogP contribution in [0.1, 0.15) is 17.4 Å². The molecular formula is C17H21FN2O2. The molecular weight excluding hydrogens is 283 g/mol. The van der Waals surface area contributed by atoms with E-state index < -0.39 is 0 Å². The van der Waals surface area contributed by atoms with Crippen LogP contribution in [0.25, 0.3) is 0 Å². The molecule has 2 heterocycles. The summed E-state index contributed by atoms with van der Waals surface area (Å²) >= 11 is 0. The second-order valence-electron chi connectivity index (χ2n) is 5.43. The van der Waals surface area contributed by atoms with Gasteiger partial charge < -0.3 is 14.5 Å². The van der Waals surface area contributed by atoms with Crippen LogP contribution in [0.15, 0.2) is 47.1 Å². The maximum atomic E-state index is 13.2. The van der Waals surface area contributed by atoms with Crippen molar-refractivity contribution in [3.8, 4) is 0 Å². The predicted octanol–water partition coefficient (Wildman–Crippen LogP) is 2.58. The highest BCUT2D eigenvalue weighted by Crippen LogP contribution is 2.21. The molecule has 1 aliphatic heterocycles. The first-order valence-electron chi connectivity index (χ1n) is 7.63. The van der Waals surface area contributed by atoms with Crippen LogP contribution in [0.3, 0.4) is 0 Å². The Morgan fingerprint density at radius 3 is 2.59 bits per heavy atom. The molecule has 0 radical (unpaired) electrons. The minimum atomic E-state index is -0.201. The maximum absolute atomic E-state index is 13.2. The van der Waals surface area contributed by atoms with Gasteiger partial charge in [-0.3, -0.25) is 4.90 Å². The highest BCUT2D eigenvalue weighted by atomic mass is 19.1. The molecule has 4 nitrogen and oxygen atoms in total. The molecule has 1 unspecified atom stereocenters. The fourth-order valence-electron chi connectivity index (χ4n) is 2.78. The first-order chi connectivity index (χ1) is 10.8. The van der Waals surface area contributed by atoms with Gasteiger partial charge in [-0.1, -0.05) is 12.1 Å². The minimum absolute atomic E-state index is 0.201. The number of nitrogens with one attached hydrogen (secondary N) is 1. The Balaban J connectivity index is 1.66. The molecule has 1 saturated heterocycles. The van der Waals surface area contributed by atoms with Gasteiger partial charge in [0.05, 0.1) is 26.0 Å². The van der Waals surface area contributed by atoms with E-state index in [1.807, 2.05) is 24.3 Å². The lowest BCUT2D eigenvalue weighted by atomic mass is 10.0. The summed E-state index contributed by atoms with van der Waals surface area (Å²) in [5, 5.41) is 3.43. The third-order valence-electron chi connectivity index (χ3n) is 3.96. The zero-order valence-corrected chi connectivity index (χ0v) is 12.5. The summed E-state index contributed by atoms with van der Waals surface area (Å²) in [6, 6.07) is 10.8. The zero-order chi connectivity index (χ0) is 15.2. The van der Waals surface area contributed by atoms with Gasteiger partial charge in [0, 0.05) is 25.7 Å². The van der Waals surface area contributed by atoms with Gasteiger partial charge in [0.25, 0.3) is 0 Å². The normalized spacial score (nSPS) is 17.5. The largest absolute Gasteiger partial charge is 0.468 e. The Morgan fingerprint density at radius 2 is 1.91 bits per heavy atom. The molecule has 0 spiro atoms. The first-order valence-corrected chi connectivity index (χ1v) is 7.63. The Labute approximate surface area is 129 Å². The van der Waals surface area contributed by atoms with E-state index in [0.29, 0.717) is 6.54 Å². The van der Waals surface area contributed by atoms with Gasteiger partial charge in [0.15, 0.2) is 0 Å². The molecule has 1 aromatic carbocycles. The van der Waals surface area contributed by atoms with Gasteiger partial charge in [0.2, 0.25) is 0 Å². The summed E-state index contributed by atoms with van der Waals surface area (Å²) in [7, 11) is 0. The van der Waals surface area contributed by atoms with Crippen molar-refractivity contribution in [2.75, 3.05) is 32.8 Å². The van der Waals surface area contributed by atoms with Crippen LogP contribution in [-0.2, 0) is 11.3 Å². The number of morpholine rings is 1. The standard InChI is InChI=1S/C17H21FN2O2/c18-15-5-3-14(4-6-15)17(20-7-10-21-11-8-20)13-19-12-16-2-1-9-22-16/h1-6,9,17,19H,7-8,10-13H2. The van der Waals surface area contributed by atoms with Crippen LogP contribution in [0.5, 0.6) is 0 Å². The summed E-state index contributed by atoms with van der Waals surface area (Å²) in [5.41, 5.74) is 1.12. The van der Waals surface area contributed by atoms with Crippen LogP contribution in [0.2, 0.25) is 0 Å². The van der Waals surface area contributed by atoms with E-state index in [1.165, 1.54) is 12.1 Å². The molecule has 0 bridgehead atoms. The number of halogens is 1. The molecule has 0 saturated carbocycles. The van der Waals surface area contributed by atoms with Gasteiger partial charge in [-0.15, -0.1) is 0 Å². The molecule has 2 aromatic rings. The van der Waals surface area contributed by atoms with E-state index in [9.17, 15) is 4.39 Å². The Morgan fingerprint density at radius 1 is 1.14 bits per heavy atom. The van der Waals surface area contributed by atoms with Gasteiger partial charge in [0.1, 0.15) is 11.6 Å². The van der Waals surface area contributed by atoms with Crippen molar-refractivity contribution in [2.45, 2.75) is 12.6 Å². The zero-order valence-electron chi connectivity index (χ0n) is 12.5. The average molecular weight is 304 g/mol. The van der Waals surface area contributed by atoms with Gasteiger partial charge in [-0.25, -0.2) is 4.39 Å². The van der Waals surface area contributed by atoms with E-state index in [2.05, 4.69) is 10.2 Å².